The predicted octanol–water partition coefficient (Wildman–Crippen LogP) is 5.18. The lowest BCUT2D eigenvalue weighted by atomic mass is 9.94. The summed E-state index contributed by atoms with van der Waals surface area (Å²) < 4.78 is 39.8. The number of hydrogen-bond acceptors (Lipinski definition) is 1. The molecule has 0 aromatic heterocycles. The molecule has 2 aromatic carbocycles. The van der Waals surface area contributed by atoms with Crippen LogP contribution in [-0.2, 0) is 12.6 Å². The number of hydrogen-bond donors (Lipinski definition) is 1. The first kappa shape index (κ1) is 18.2. The number of rotatable bonds is 3. The Hall–Kier alpha value is -1.81. The number of aliphatic hydroxyl groups excluding tert-OH is 1. The Labute approximate surface area is 129 Å². The van der Waals surface area contributed by atoms with Crippen LogP contribution in [0.25, 0.3) is 11.1 Å². The van der Waals surface area contributed by atoms with Gasteiger partial charge in [-0.15, -0.1) is 0 Å². The Morgan fingerprint density at radius 2 is 1.55 bits per heavy atom. The van der Waals surface area contributed by atoms with Crippen LogP contribution in [0.4, 0.5) is 13.2 Å². The first-order valence-corrected chi connectivity index (χ1v) is 7.08. The summed E-state index contributed by atoms with van der Waals surface area (Å²) in [5.41, 5.74) is 1.01. The molecule has 0 saturated carbocycles. The zero-order valence-corrected chi connectivity index (χ0v) is 13.0. The average Bonchev–Trinajstić information content (AvgIpc) is 2.49. The van der Waals surface area contributed by atoms with Crippen molar-refractivity contribution in [3.8, 4) is 11.1 Å². The zero-order valence-electron chi connectivity index (χ0n) is 13.0. The molecule has 22 heavy (non-hydrogen) atoms. The van der Waals surface area contributed by atoms with Crippen molar-refractivity contribution in [3.63, 3.8) is 0 Å². The maximum atomic E-state index is 13.3. The smallest absolute Gasteiger partial charge is 0.400 e. The molecule has 1 N–H and O–H groups in total. The monoisotopic (exact) mass is 310 g/mol. The molecule has 0 spiro atoms. The topological polar surface area (TPSA) is 20.2 Å². The number of aliphatic hydroxyl groups is 1. The molecule has 2 aromatic rings. The van der Waals surface area contributed by atoms with Crippen LogP contribution in [0.15, 0.2) is 48.5 Å². The van der Waals surface area contributed by atoms with Gasteiger partial charge in [-0.3, -0.25) is 0 Å². The second-order valence-electron chi connectivity index (χ2n) is 5.34. The molecule has 0 aliphatic heterocycles. The van der Waals surface area contributed by atoms with Crippen LogP contribution in [0.1, 0.15) is 25.0 Å². The molecule has 120 valence electrons. The largest absolute Gasteiger partial charge is 0.417 e. The van der Waals surface area contributed by atoms with Crippen LogP contribution in [0.5, 0.6) is 0 Å². The quantitative estimate of drug-likeness (QED) is 0.828. The Morgan fingerprint density at radius 1 is 0.955 bits per heavy atom. The summed E-state index contributed by atoms with van der Waals surface area (Å²) >= 11 is 0. The number of alkyl halides is 3. The summed E-state index contributed by atoms with van der Waals surface area (Å²) in [4.78, 5) is 0. The SMILES string of the molecule is CC(C)Cc1ccc(-c2ccccc2)c(C(F)(F)F)c1.CO. The summed E-state index contributed by atoms with van der Waals surface area (Å²) in [6.45, 7) is 4.00. The molecule has 0 saturated heterocycles. The van der Waals surface area contributed by atoms with Crippen molar-refractivity contribution >= 4 is 0 Å². The molecule has 0 aliphatic rings. The van der Waals surface area contributed by atoms with Crippen LogP contribution in [0.2, 0.25) is 0 Å². The fraction of sp³-hybridized carbons (Fsp3) is 0.333. The Kier molecular flexibility index (Phi) is 6.62. The van der Waals surface area contributed by atoms with Crippen molar-refractivity contribution in [2.75, 3.05) is 7.11 Å². The summed E-state index contributed by atoms with van der Waals surface area (Å²) in [7, 11) is 1.00. The fourth-order valence-electron chi connectivity index (χ4n) is 2.29. The van der Waals surface area contributed by atoms with E-state index >= 15 is 0 Å². The highest BCUT2D eigenvalue weighted by atomic mass is 19.4. The molecule has 0 atom stereocenters. The lowest BCUT2D eigenvalue weighted by Crippen LogP contribution is -2.08. The third-order valence-electron chi connectivity index (χ3n) is 3.12. The van der Waals surface area contributed by atoms with Gasteiger partial charge in [0.15, 0.2) is 0 Å². The van der Waals surface area contributed by atoms with Crippen LogP contribution in [0.3, 0.4) is 0 Å². The maximum absolute atomic E-state index is 13.3. The predicted molar refractivity (Wildman–Crippen MR) is 83.6 cm³/mol. The lowest BCUT2D eigenvalue weighted by molar-refractivity contribution is -0.137. The second kappa shape index (κ2) is 7.99. The van der Waals surface area contributed by atoms with Gasteiger partial charge in [-0.05, 0) is 35.1 Å². The normalized spacial score (nSPS) is 11.1. The van der Waals surface area contributed by atoms with E-state index in [9.17, 15) is 13.2 Å². The highest BCUT2D eigenvalue weighted by Gasteiger charge is 2.33. The summed E-state index contributed by atoms with van der Waals surface area (Å²) in [5, 5.41) is 7.00. The maximum Gasteiger partial charge on any atom is 0.417 e. The molecule has 0 aliphatic carbocycles. The van der Waals surface area contributed by atoms with E-state index in [4.69, 9.17) is 5.11 Å². The minimum absolute atomic E-state index is 0.241. The standard InChI is InChI=1S/C17H17F3.CH4O/c1-12(2)10-13-8-9-15(14-6-4-3-5-7-14)16(11-13)17(18,19)20;1-2/h3-9,11-12H,10H2,1-2H3;2H,1H3. The van der Waals surface area contributed by atoms with E-state index in [1.165, 1.54) is 6.07 Å². The Bertz CT molecular complexity index is 575. The zero-order chi connectivity index (χ0) is 16.8. The fourth-order valence-corrected chi connectivity index (χ4v) is 2.29. The van der Waals surface area contributed by atoms with Crippen LogP contribution in [-0.4, -0.2) is 12.2 Å². The van der Waals surface area contributed by atoms with Gasteiger partial charge in [0, 0.05) is 7.11 Å². The highest BCUT2D eigenvalue weighted by Crippen LogP contribution is 2.37. The lowest BCUT2D eigenvalue weighted by Gasteiger charge is -2.15. The molecule has 1 nitrogen and oxygen atoms in total. The van der Waals surface area contributed by atoms with Crippen molar-refractivity contribution in [1.29, 1.82) is 0 Å². The van der Waals surface area contributed by atoms with E-state index in [2.05, 4.69) is 0 Å². The average molecular weight is 310 g/mol. The van der Waals surface area contributed by atoms with Gasteiger partial charge >= 0.3 is 6.18 Å². The number of halogens is 3. The first-order valence-electron chi connectivity index (χ1n) is 7.08. The third kappa shape index (κ3) is 4.88. The molecule has 0 fully saturated rings. The van der Waals surface area contributed by atoms with Gasteiger partial charge in [0.05, 0.1) is 5.56 Å². The van der Waals surface area contributed by atoms with Crippen molar-refractivity contribution < 1.29 is 18.3 Å². The molecule has 0 heterocycles. The molecule has 4 heteroatoms. The van der Waals surface area contributed by atoms with Gasteiger partial charge in [-0.25, -0.2) is 0 Å². The second-order valence-corrected chi connectivity index (χ2v) is 5.34. The molecular weight excluding hydrogens is 289 g/mol. The summed E-state index contributed by atoms with van der Waals surface area (Å²) in [6, 6.07) is 13.3. The van der Waals surface area contributed by atoms with E-state index in [0.29, 0.717) is 17.9 Å². The van der Waals surface area contributed by atoms with Gasteiger partial charge in [-0.2, -0.15) is 13.2 Å². The minimum Gasteiger partial charge on any atom is -0.400 e. The molecule has 0 amide bonds. The third-order valence-corrected chi connectivity index (χ3v) is 3.12. The van der Waals surface area contributed by atoms with Crippen molar-refractivity contribution in [2.24, 2.45) is 5.92 Å². The van der Waals surface area contributed by atoms with E-state index in [1.54, 1.807) is 42.5 Å². The molecule has 0 unspecified atom stereocenters. The minimum atomic E-state index is -4.34. The molecule has 0 radical (unpaired) electrons. The Balaban J connectivity index is 0.00000116. The van der Waals surface area contributed by atoms with Gasteiger partial charge in [0.2, 0.25) is 0 Å². The van der Waals surface area contributed by atoms with Crippen molar-refractivity contribution in [2.45, 2.75) is 26.4 Å². The van der Waals surface area contributed by atoms with Crippen LogP contribution >= 0.6 is 0 Å². The van der Waals surface area contributed by atoms with Crippen molar-refractivity contribution in [3.05, 3.63) is 59.7 Å². The van der Waals surface area contributed by atoms with E-state index in [0.717, 1.165) is 12.7 Å². The Morgan fingerprint density at radius 3 is 2.05 bits per heavy atom. The summed E-state index contributed by atoms with van der Waals surface area (Å²) in [6.07, 6.45) is -3.68. The van der Waals surface area contributed by atoms with Gasteiger partial charge in [0.1, 0.15) is 0 Å². The van der Waals surface area contributed by atoms with Gasteiger partial charge < -0.3 is 5.11 Å². The molecule has 2 rings (SSSR count). The van der Waals surface area contributed by atoms with Crippen molar-refractivity contribution in [1.82, 2.24) is 0 Å². The first-order chi connectivity index (χ1) is 10.4. The van der Waals surface area contributed by atoms with E-state index < -0.39 is 11.7 Å². The van der Waals surface area contributed by atoms with E-state index in [1.807, 2.05) is 13.8 Å². The summed E-state index contributed by atoms with van der Waals surface area (Å²) in [5.74, 6) is 0.332. The molecular formula is C18H21F3O. The van der Waals surface area contributed by atoms with Gasteiger partial charge in [0.25, 0.3) is 0 Å². The van der Waals surface area contributed by atoms with Gasteiger partial charge in [-0.1, -0.05) is 56.3 Å². The van der Waals surface area contributed by atoms with Crippen LogP contribution in [0, 0.1) is 5.92 Å². The highest BCUT2D eigenvalue weighted by molar-refractivity contribution is 5.68. The van der Waals surface area contributed by atoms with E-state index in [-0.39, 0.29) is 5.56 Å². The van der Waals surface area contributed by atoms with Crippen LogP contribution < -0.4 is 0 Å². The molecule has 0 bridgehead atoms. The number of benzene rings is 2.